The smallest absolute Gasteiger partial charge is 0.0662 e. The molecule has 17 heavy (non-hydrogen) atoms. The second-order valence-corrected chi connectivity index (χ2v) is 6.03. The summed E-state index contributed by atoms with van der Waals surface area (Å²) in [6, 6.07) is 0. The summed E-state index contributed by atoms with van der Waals surface area (Å²) in [5.74, 6) is 0.914. The second kappa shape index (κ2) is 6.55. The van der Waals surface area contributed by atoms with Crippen LogP contribution < -0.4 is 0 Å². The van der Waals surface area contributed by atoms with E-state index < -0.39 is 0 Å². The van der Waals surface area contributed by atoms with Crippen LogP contribution in [-0.2, 0) is 4.74 Å². The topological polar surface area (TPSA) is 29.5 Å². The summed E-state index contributed by atoms with van der Waals surface area (Å²) in [4.78, 5) is 0. The standard InChI is InChI=1S/C15H28O2/c1-12(2)9-10-17-15(3,4)14-8-6-5-7-13(14)11-16/h9,13-14,16H,5-8,10-11H2,1-4H3/t13-,14?/m1/s1. The Bertz CT molecular complexity index is 252. The molecule has 2 nitrogen and oxygen atoms in total. The van der Waals surface area contributed by atoms with Crippen LogP contribution in [0.4, 0.5) is 0 Å². The van der Waals surface area contributed by atoms with E-state index in [-0.39, 0.29) is 5.60 Å². The molecule has 2 heteroatoms. The first kappa shape index (κ1) is 14.7. The molecule has 1 N–H and O–H groups in total. The van der Waals surface area contributed by atoms with Crippen molar-refractivity contribution in [3.05, 3.63) is 11.6 Å². The predicted octanol–water partition coefficient (Wildman–Crippen LogP) is 3.55. The predicted molar refractivity (Wildman–Crippen MR) is 72.0 cm³/mol. The molecule has 0 saturated heterocycles. The van der Waals surface area contributed by atoms with Crippen LogP contribution in [0.2, 0.25) is 0 Å². The van der Waals surface area contributed by atoms with Gasteiger partial charge in [-0.05, 0) is 52.4 Å². The highest BCUT2D eigenvalue weighted by molar-refractivity contribution is 4.94. The molecule has 1 unspecified atom stereocenters. The number of rotatable bonds is 5. The summed E-state index contributed by atoms with van der Waals surface area (Å²) >= 11 is 0. The quantitative estimate of drug-likeness (QED) is 0.745. The summed E-state index contributed by atoms with van der Waals surface area (Å²) in [5, 5.41) is 9.47. The molecular formula is C15H28O2. The summed E-state index contributed by atoms with van der Waals surface area (Å²) in [6.07, 6.45) is 6.99. The van der Waals surface area contributed by atoms with Crippen molar-refractivity contribution in [2.75, 3.05) is 13.2 Å². The number of allylic oxidation sites excluding steroid dienone is 1. The molecule has 0 aromatic rings. The highest BCUT2D eigenvalue weighted by Gasteiger charge is 2.37. The molecule has 0 aromatic carbocycles. The van der Waals surface area contributed by atoms with Crippen molar-refractivity contribution in [3.63, 3.8) is 0 Å². The fourth-order valence-electron chi connectivity index (χ4n) is 2.87. The molecular weight excluding hydrogens is 212 g/mol. The summed E-state index contributed by atoms with van der Waals surface area (Å²) < 4.78 is 6.02. The molecule has 1 rings (SSSR count). The average molecular weight is 240 g/mol. The lowest BCUT2D eigenvalue weighted by molar-refractivity contribution is -0.0849. The molecule has 0 radical (unpaired) electrons. The van der Waals surface area contributed by atoms with Crippen LogP contribution in [0.25, 0.3) is 0 Å². The zero-order chi connectivity index (χ0) is 12.9. The third-order valence-corrected chi connectivity index (χ3v) is 3.98. The van der Waals surface area contributed by atoms with E-state index in [1.807, 2.05) is 0 Å². The first-order valence-corrected chi connectivity index (χ1v) is 6.85. The molecule has 0 bridgehead atoms. The third-order valence-electron chi connectivity index (χ3n) is 3.98. The van der Waals surface area contributed by atoms with Crippen LogP contribution in [0.1, 0.15) is 53.4 Å². The largest absolute Gasteiger partial charge is 0.396 e. The van der Waals surface area contributed by atoms with Crippen molar-refractivity contribution in [2.24, 2.45) is 11.8 Å². The van der Waals surface area contributed by atoms with Crippen LogP contribution in [0.3, 0.4) is 0 Å². The zero-order valence-corrected chi connectivity index (χ0v) is 11.8. The highest BCUT2D eigenvalue weighted by Crippen LogP contribution is 2.38. The van der Waals surface area contributed by atoms with Gasteiger partial charge in [0.1, 0.15) is 0 Å². The van der Waals surface area contributed by atoms with Crippen LogP contribution in [-0.4, -0.2) is 23.9 Å². The van der Waals surface area contributed by atoms with Crippen molar-refractivity contribution < 1.29 is 9.84 Å². The van der Waals surface area contributed by atoms with Gasteiger partial charge < -0.3 is 9.84 Å². The van der Waals surface area contributed by atoms with E-state index in [4.69, 9.17) is 4.74 Å². The van der Waals surface area contributed by atoms with Crippen LogP contribution >= 0.6 is 0 Å². The van der Waals surface area contributed by atoms with Gasteiger partial charge in [0.05, 0.1) is 12.2 Å². The van der Waals surface area contributed by atoms with Crippen LogP contribution in [0, 0.1) is 11.8 Å². The Hall–Kier alpha value is -0.340. The molecule has 100 valence electrons. The molecule has 2 atom stereocenters. The molecule has 1 aliphatic rings. The number of hydrogen-bond donors (Lipinski definition) is 1. The monoisotopic (exact) mass is 240 g/mol. The number of aliphatic hydroxyl groups is 1. The van der Waals surface area contributed by atoms with Gasteiger partial charge >= 0.3 is 0 Å². The Balaban J connectivity index is 2.57. The minimum absolute atomic E-state index is 0.125. The zero-order valence-electron chi connectivity index (χ0n) is 11.8. The Morgan fingerprint density at radius 3 is 2.53 bits per heavy atom. The maximum absolute atomic E-state index is 9.47. The second-order valence-electron chi connectivity index (χ2n) is 6.03. The molecule has 0 aliphatic heterocycles. The fourth-order valence-corrected chi connectivity index (χ4v) is 2.87. The van der Waals surface area contributed by atoms with E-state index >= 15 is 0 Å². The normalized spacial score (nSPS) is 25.7. The maximum Gasteiger partial charge on any atom is 0.0662 e. The van der Waals surface area contributed by atoms with Crippen molar-refractivity contribution in [1.82, 2.24) is 0 Å². The van der Waals surface area contributed by atoms with Gasteiger partial charge in [-0.15, -0.1) is 0 Å². The van der Waals surface area contributed by atoms with Crippen molar-refractivity contribution in [2.45, 2.75) is 59.0 Å². The van der Waals surface area contributed by atoms with Crippen molar-refractivity contribution >= 4 is 0 Å². The first-order chi connectivity index (χ1) is 7.97. The number of aliphatic hydroxyl groups excluding tert-OH is 1. The molecule has 1 fully saturated rings. The molecule has 0 spiro atoms. The first-order valence-electron chi connectivity index (χ1n) is 6.85. The van der Waals surface area contributed by atoms with E-state index in [1.165, 1.54) is 24.8 Å². The van der Waals surface area contributed by atoms with Gasteiger partial charge in [-0.3, -0.25) is 0 Å². The Kier molecular flexibility index (Phi) is 5.68. The lowest BCUT2D eigenvalue weighted by Crippen LogP contribution is -2.42. The van der Waals surface area contributed by atoms with E-state index in [0.29, 0.717) is 25.0 Å². The van der Waals surface area contributed by atoms with E-state index in [1.54, 1.807) is 0 Å². The summed E-state index contributed by atoms with van der Waals surface area (Å²) in [7, 11) is 0. The third kappa shape index (κ3) is 4.44. The molecule has 1 aliphatic carbocycles. The molecule has 0 heterocycles. The van der Waals surface area contributed by atoms with Gasteiger partial charge in [0.15, 0.2) is 0 Å². The van der Waals surface area contributed by atoms with Gasteiger partial charge in [-0.1, -0.05) is 24.5 Å². The van der Waals surface area contributed by atoms with Gasteiger partial charge in [-0.25, -0.2) is 0 Å². The summed E-state index contributed by atoms with van der Waals surface area (Å²) in [6.45, 7) is 9.51. The van der Waals surface area contributed by atoms with Gasteiger partial charge in [0.25, 0.3) is 0 Å². The molecule has 1 saturated carbocycles. The van der Waals surface area contributed by atoms with E-state index in [2.05, 4.69) is 33.8 Å². The fraction of sp³-hybridized carbons (Fsp3) is 0.867. The van der Waals surface area contributed by atoms with Gasteiger partial charge in [0.2, 0.25) is 0 Å². The van der Waals surface area contributed by atoms with Gasteiger partial charge in [-0.2, -0.15) is 0 Å². The minimum Gasteiger partial charge on any atom is -0.396 e. The maximum atomic E-state index is 9.47. The Morgan fingerprint density at radius 1 is 1.29 bits per heavy atom. The van der Waals surface area contributed by atoms with Crippen molar-refractivity contribution in [1.29, 1.82) is 0 Å². The van der Waals surface area contributed by atoms with Gasteiger partial charge in [0, 0.05) is 6.61 Å². The Labute approximate surface area is 106 Å². The number of hydrogen-bond acceptors (Lipinski definition) is 2. The summed E-state index contributed by atoms with van der Waals surface area (Å²) in [5.41, 5.74) is 1.17. The average Bonchev–Trinajstić information content (AvgIpc) is 2.28. The van der Waals surface area contributed by atoms with Crippen molar-refractivity contribution in [3.8, 4) is 0 Å². The SMILES string of the molecule is CC(C)=CCOC(C)(C)C1CCCC[C@@H]1CO. The lowest BCUT2D eigenvalue weighted by Gasteiger charge is -2.41. The highest BCUT2D eigenvalue weighted by atomic mass is 16.5. The van der Waals surface area contributed by atoms with E-state index in [0.717, 1.165) is 6.42 Å². The van der Waals surface area contributed by atoms with Crippen LogP contribution in [0.5, 0.6) is 0 Å². The number of ether oxygens (including phenoxy) is 1. The Morgan fingerprint density at radius 2 is 1.94 bits per heavy atom. The molecule has 0 amide bonds. The minimum atomic E-state index is -0.125. The van der Waals surface area contributed by atoms with Crippen LogP contribution in [0.15, 0.2) is 11.6 Å². The lowest BCUT2D eigenvalue weighted by atomic mass is 9.71. The molecule has 0 aromatic heterocycles. The van der Waals surface area contributed by atoms with E-state index in [9.17, 15) is 5.11 Å².